The van der Waals surface area contributed by atoms with Crippen molar-refractivity contribution in [3.63, 3.8) is 0 Å². The molecule has 0 saturated heterocycles. The summed E-state index contributed by atoms with van der Waals surface area (Å²) in [5.74, 6) is -0.848. The van der Waals surface area contributed by atoms with Crippen LogP contribution in [0, 0.1) is 20.8 Å². The van der Waals surface area contributed by atoms with Crippen LogP contribution in [0.2, 0.25) is 0 Å². The van der Waals surface area contributed by atoms with Crippen molar-refractivity contribution in [1.29, 1.82) is 0 Å². The van der Waals surface area contributed by atoms with Crippen LogP contribution in [0.3, 0.4) is 0 Å². The van der Waals surface area contributed by atoms with Gasteiger partial charge in [0.1, 0.15) is 6.61 Å². The number of methoxy groups -OCH3 is 1. The zero-order chi connectivity index (χ0) is 27.1. The summed E-state index contributed by atoms with van der Waals surface area (Å²) in [6.45, 7) is -1.08. The van der Waals surface area contributed by atoms with Gasteiger partial charge in [-0.25, -0.2) is 4.79 Å². The quantitative estimate of drug-likeness (QED) is 0.351. The molecule has 10 heteroatoms. The molecule has 0 heterocycles. The van der Waals surface area contributed by atoms with E-state index in [4.69, 9.17) is 9.47 Å². The fourth-order valence-corrected chi connectivity index (χ4v) is 5.53. The third-order valence-electron chi connectivity index (χ3n) is 7.25. The van der Waals surface area contributed by atoms with Gasteiger partial charge in [0, 0.05) is 18.7 Å². The Hall–Kier alpha value is -2.11. The van der Waals surface area contributed by atoms with E-state index in [2.05, 4.69) is 0 Å². The summed E-state index contributed by atoms with van der Waals surface area (Å²) < 4.78 is 52.8. The molecule has 0 saturated carbocycles. The second-order valence-corrected chi connectivity index (χ2v) is 9.31. The minimum atomic E-state index is -5.41. The first-order valence-electron chi connectivity index (χ1n) is 11.9. The molecule has 0 aliphatic heterocycles. The van der Waals surface area contributed by atoms with Crippen molar-refractivity contribution in [2.45, 2.75) is 33.1 Å². The van der Waals surface area contributed by atoms with Crippen LogP contribution in [0.4, 0.5) is 23.4 Å². The number of carbonyl (C=O) groups excluding carboxylic acids is 2. The SMILES string of the molecule is COC(=O)Cc1c(C)c(N(C)C(=O)OCC2c3ccccc3-c3ccccc32)c(C)c([B-](F)(F)F)c1C.[K+]. The second kappa shape index (κ2) is 12.0. The Balaban J connectivity index is 0.00000400. The van der Waals surface area contributed by atoms with E-state index in [1.807, 2.05) is 48.5 Å². The Morgan fingerprint density at radius 1 is 0.895 bits per heavy atom. The molecule has 4 rings (SSSR count). The molecule has 0 unspecified atom stereocenters. The maximum absolute atomic E-state index is 14.1. The predicted octanol–water partition coefficient (Wildman–Crippen LogP) is 2.77. The average Bonchev–Trinajstić information content (AvgIpc) is 3.17. The summed E-state index contributed by atoms with van der Waals surface area (Å²) in [7, 11) is 2.57. The topological polar surface area (TPSA) is 55.8 Å². The summed E-state index contributed by atoms with van der Waals surface area (Å²) in [4.78, 5) is 26.3. The molecule has 0 spiro atoms. The number of halogens is 3. The van der Waals surface area contributed by atoms with E-state index in [0.29, 0.717) is 5.56 Å². The monoisotopic (exact) mass is 549 g/mol. The van der Waals surface area contributed by atoms with E-state index in [1.54, 1.807) is 6.92 Å². The van der Waals surface area contributed by atoms with Gasteiger partial charge in [0.25, 0.3) is 0 Å². The van der Waals surface area contributed by atoms with Crippen LogP contribution in [0.5, 0.6) is 0 Å². The minimum Gasteiger partial charge on any atom is -0.469 e. The molecular formula is C28H28BF3KNO4. The van der Waals surface area contributed by atoms with E-state index in [0.717, 1.165) is 27.2 Å². The Morgan fingerprint density at radius 2 is 1.42 bits per heavy atom. The summed E-state index contributed by atoms with van der Waals surface area (Å²) in [5, 5.41) is 0. The molecule has 5 nitrogen and oxygen atoms in total. The zero-order valence-corrected chi connectivity index (χ0v) is 25.5. The Kier molecular flexibility index (Phi) is 9.58. The second-order valence-electron chi connectivity index (χ2n) is 9.31. The Morgan fingerprint density at radius 3 is 1.92 bits per heavy atom. The van der Waals surface area contributed by atoms with E-state index in [9.17, 15) is 22.5 Å². The molecule has 1 amide bonds. The molecule has 194 valence electrons. The van der Waals surface area contributed by atoms with E-state index < -0.39 is 24.5 Å². The smallest absolute Gasteiger partial charge is 0.469 e. The average molecular weight is 549 g/mol. The molecule has 0 bridgehead atoms. The van der Waals surface area contributed by atoms with Crippen LogP contribution < -0.4 is 61.7 Å². The molecule has 0 radical (unpaired) electrons. The fourth-order valence-electron chi connectivity index (χ4n) is 5.53. The van der Waals surface area contributed by atoms with Gasteiger partial charge in [-0.05, 0) is 54.2 Å². The van der Waals surface area contributed by atoms with E-state index >= 15 is 0 Å². The van der Waals surface area contributed by atoms with Crippen LogP contribution in [0.1, 0.15) is 39.3 Å². The predicted molar refractivity (Wildman–Crippen MR) is 139 cm³/mol. The summed E-state index contributed by atoms with van der Waals surface area (Å²) in [6, 6.07) is 15.8. The number of hydrogen-bond donors (Lipinski definition) is 0. The molecule has 0 atom stereocenters. The molecule has 1 aliphatic carbocycles. The molecule has 3 aromatic carbocycles. The number of carbonyl (C=O) groups is 2. The van der Waals surface area contributed by atoms with Gasteiger partial charge in [0.15, 0.2) is 0 Å². The number of rotatable bonds is 6. The maximum Gasteiger partial charge on any atom is 1.00 e. The molecule has 1 aliphatic rings. The summed E-state index contributed by atoms with van der Waals surface area (Å²) in [5.41, 5.74) is 3.97. The Labute approximate surface area is 263 Å². The van der Waals surface area contributed by atoms with Crippen LogP contribution in [0.15, 0.2) is 48.5 Å². The molecule has 0 aromatic heterocycles. The first-order valence-corrected chi connectivity index (χ1v) is 11.9. The minimum absolute atomic E-state index is 0. The van der Waals surface area contributed by atoms with Crippen LogP contribution >= 0.6 is 0 Å². The third-order valence-corrected chi connectivity index (χ3v) is 7.25. The van der Waals surface area contributed by atoms with Crippen molar-refractivity contribution in [3.8, 4) is 11.1 Å². The van der Waals surface area contributed by atoms with Gasteiger partial charge in [0.05, 0.1) is 13.5 Å². The summed E-state index contributed by atoms with van der Waals surface area (Å²) >= 11 is 0. The molecule has 0 N–H and O–H groups in total. The van der Waals surface area contributed by atoms with Crippen LogP contribution in [0.25, 0.3) is 11.1 Å². The van der Waals surface area contributed by atoms with Crippen molar-refractivity contribution in [1.82, 2.24) is 0 Å². The molecular weight excluding hydrogens is 521 g/mol. The standard InChI is InChI=1S/C28H28BF3NO4.K/c1-16-23(14-25(34)36-5)17(2)27(18(3)26(16)29(30,31)32)33(4)28(35)37-15-24-21-12-8-6-10-19(21)20-11-7-9-13-22(20)24;/h6-13,24H,14-15H2,1-5H3;/q-1;+1. The molecule has 3 aromatic rings. The number of ether oxygens (including phenoxy) is 2. The maximum atomic E-state index is 14.1. The van der Waals surface area contributed by atoms with Crippen LogP contribution in [-0.4, -0.2) is 39.8 Å². The van der Waals surface area contributed by atoms with E-state index in [-0.39, 0.29) is 92.7 Å². The number of benzene rings is 3. The fraction of sp³-hybridized carbons (Fsp3) is 0.286. The normalized spacial score (nSPS) is 12.3. The third kappa shape index (κ3) is 5.60. The van der Waals surface area contributed by atoms with E-state index in [1.165, 1.54) is 28.0 Å². The molecule has 38 heavy (non-hydrogen) atoms. The first-order chi connectivity index (χ1) is 17.5. The van der Waals surface area contributed by atoms with Gasteiger partial charge in [-0.3, -0.25) is 9.69 Å². The first kappa shape index (κ1) is 30.4. The van der Waals surface area contributed by atoms with Crippen molar-refractivity contribution in [2.24, 2.45) is 0 Å². The van der Waals surface area contributed by atoms with Crippen molar-refractivity contribution in [3.05, 3.63) is 81.9 Å². The van der Waals surface area contributed by atoms with Crippen molar-refractivity contribution in [2.75, 3.05) is 25.7 Å². The van der Waals surface area contributed by atoms with Crippen molar-refractivity contribution >= 4 is 30.2 Å². The van der Waals surface area contributed by atoms with Gasteiger partial charge in [-0.2, -0.15) is 0 Å². The van der Waals surface area contributed by atoms with Gasteiger partial charge >= 0.3 is 70.4 Å². The number of nitrogens with zero attached hydrogens (tertiary/aromatic N) is 1. The van der Waals surface area contributed by atoms with Gasteiger partial charge in [0.2, 0.25) is 0 Å². The van der Waals surface area contributed by atoms with Gasteiger partial charge in [-0.1, -0.05) is 59.7 Å². The van der Waals surface area contributed by atoms with Gasteiger partial charge < -0.3 is 22.4 Å². The molecule has 0 fully saturated rings. The number of hydrogen-bond acceptors (Lipinski definition) is 4. The number of amides is 1. The number of esters is 1. The summed E-state index contributed by atoms with van der Waals surface area (Å²) in [6.07, 6.45) is -1.11. The Bertz CT molecular complexity index is 1350. The van der Waals surface area contributed by atoms with Crippen LogP contribution in [-0.2, 0) is 20.7 Å². The number of fused-ring (bicyclic) bond motifs is 3. The number of anilines is 1. The van der Waals surface area contributed by atoms with Crippen molar-refractivity contribution < 1.29 is 83.4 Å². The largest absolute Gasteiger partial charge is 1.00 e. The van der Waals surface area contributed by atoms with Gasteiger partial charge in [-0.15, -0.1) is 5.46 Å². The zero-order valence-electron chi connectivity index (χ0n) is 22.4.